The summed E-state index contributed by atoms with van der Waals surface area (Å²) in [5.74, 6) is -0.950. The van der Waals surface area contributed by atoms with Crippen molar-refractivity contribution in [2.24, 2.45) is 16.5 Å². The minimum absolute atomic E-state index is 0.0912. The average molecular weight is 306 g/mol. The Bertz CT molecular complexity index is 851. The summed E-state index contributed by atoms with van der Waals surface area (Å²) in [4.78, 5) is 17.2. The number of aliphatic imine (C=N–C) groups is 1. The van der Waals surface area contributed by atoms with Gasteiger partial charge in [-0.2, -0.15) is 9.79 Å². The first kappa shape index (κ1) is 14.5. The molecule has 0 aliphatic rings. The SMILES string of the molecule is NC(N)=NC(=O)c1nn(-c2ccccc2)nc1-c1ccccc1. The highest BCUT2D eigenvalue weighted by molar-refractivity contribution is 6.04. The molecule has 0 saturated heterocycles. The van der Waals surface area contributed by atoms with Crippen molar-refractivity contribution in [3.8, 4) is 16.9 Å². The molecule has 0 fully saturated rings. The number of hydrogen-bond acceptors (Lipinski definition) is 3. The number of para-hydroxylation sites is 1. The number of carbonyl (C=O) groups is 1. The first-order valence-corrected chi connectivity index (χ1v) is 6.87. The average Bonchev–Trinajstić information content (AvgIpc) is 3.01. The van der Waals surface area contributed by atoms with Crippen molar-refractivity contribution in [1.82, 2.24) is 15.0 Å². The topological polar surface area (TPSA) is 112 Å². The molecule has 1 heterocycles. The van der Waals surface area contributed by atoms with Gasteiger partial charge in [0.15, 0.2) is 11.7 Å². The van der Waals surface area contributed by atoms with Crippen LogP contribution in [0.25, 0.3) is 16.9 Å². The van der Waals surface area contributed by atoms with E-state index in [4.69, 9.17) is 11.5 Å². The van der Waals surface area contributed by atoms with Crippen molar-refractivity contribution in [1.29, 1.82) is 0 Å². The number of nitrogens with zero attached hydrogens (tertiary/aromatic N) is 4. The predicted octanol–water partition coefficient (Wildman–Crippen LogP) is 1.35. The van der Waals surface area contributed by atoms with E-state index in [0.717, 1.165) is 11.3 Å². The number of aromatic nitrogens is 3. The van der Waals surface area contributed by atoms with Crippen LogP contribution in [-0.2, 0) is 0 Å². The van der Waals surface area contributed by atoms with Gasteiger partial charge >= 0.3 is 5.91 Å². The first-order chi connectivity index (χ1) is 11.1. The number of hydrogen-bond donors (Lipinski definition) is 2. The molecule has 3 rings (SSSR count). The molecule has 0 aliphatic heterocycles. The standard InChI is InChI=1S/C16H14N6O/c17-16(18)19-15(23)14-13(11-7-3-1-4-8-11)20-22(21-14)12-9-5-2-6-10-12/h1-10H,(H4,17,18,19,23). The van der Waals surface area contributed by atoms with Crippen LogP contribution >= 0.6 is 0 Å². The molecule has 0 saturated carbocycles. The zero-order valence-electron chi connectivity index (χ0n) is 12.1. The number of amides is 1. The maximum Gasteiger partial charge on any atom is 0.303 e. The van der Waals surface area contributed by atoms with Gasteiger partial charge in [-0.15, -0.1) is 10.2 Å². The maximum atomic E-state index is 12.2. The van der Waals surface area contributed by atoms with Crippen molar-refractivity contribution >= 4 is 11.9 Å². The second-order valence-corrected chi connectivity index (χ2v) is 4.73. The summed E-state index contributed by atoms with van der Waals surface area (Å²) in [6, 6.07) is 18.5. The number of rotatable bonds is 3. The zero-order chi connectivity index (χ0) is 16.2. The minimum atomic E-state index is -0.633. The van der Waals surface area contributed by atoms with Gasteiger partial charge in [0.25, 0.3) is 0 Å². The first-order valence-electron chi connectivity index (χ1n) is 6.87. The Labute approximate surface area is 132 Å². The highest BCUT2D eigenvalue weighted by Gasteiger charge is 2.20. The van der Waals surface area contributed by atoms with Crippen LogP contribution in [0.15, 0.2) is 65.7 Å². The van der Waals surface area contributed by atoms with E-state index >= 15 is 0 Å². The van der Waals surface area contributed by atoms with Crippen molar-refractivity contribution in [3.63, 3.8) is 0 Å². The lowest BCUT2D eigenvalue weighted by Gasteiger charge is -1.97. The summed E-state index contributed by atoms with van der Waals surface area (Å²) < 4.78 is 0. The van der Waals surface area contributed by atoms with E-state index in [-0.39, 0.29) is 11.7 Å². The fourth-order valence-corrected chi connectivity index (χ4v) is 2.09. The van der Waals surface area contributed by atoms with Crippen LogP contribution in [0.5, 0.6) is 0 Å². The second kappa shape index (κ2) is 6.10. The van der Waals surface area contributed by atoms with E-state index in [2.05, 4.69) is 15.2 Å². The van der Waals surface area contributed by atoms with E-state index in [1.807, 2.05) is 60.7 Å². The summed E-state index contributed by atoms with van der Waals surface area (Å²) in [5.41, 5.74) is 12.6. The molecule has 1 amide bonds. The largest absolute Gasteiger partial charge is 0.370 e. The number of guanidine groups is 1. The molecule has 0 bridgehead atoms. The Balaban J connectivity index is 2.15. The third-order valence-corrected chi connectivity index (χ3v) is 3.08. The van der Waals surface area contributed by atoms with Crippen LogP contribution in [0.4, 0.5) is 0 Å². The second-order valence-electron chi connectivity index (χ2n) is 4.73. The number of carbonyl (C=O) groups excluding carboxylic acids is 1. The van der Waals surface area contributed by atoms with E-state index in [0.29, 0.717) is 5.69 Å². The Morgan fingerprint density at radius 3 is 2.13 bits per heavy atom. The smallest absolute Gasteiger partial charge is 0.303 e. The predicted molar refractivity (Wildman–Crippen MR) is 86.9 cm³/mol. The zero-order valence-corrected chi connectivity index (χ0v) is 12.1. The molecule has 0 spiro atoms. The molecule has 0 radical (unpaired) electrons. The lowest BCUT2D eigenvalue weighted by molar-refractivity contribution is 0.0998. The van der Waals surface area contributed by atoms with Crippen LogP contribution in [0.3, 0.4) is 0 Å². The minimum Gasteiger partial charge on any atom is -0.370 e. The number of benzene rings is 2. The van der Waals surface area contributed by atoms with Crippen LogP contribution in [0.2, 0.25) is 0 Å². The summed E-state index contributed by atoms with van der Waals surface area (Å²) >= 11 is 0. The molecule has 23 heavy (non-hydrogen) atoms. The molecule has 0 unspecified atom stereocenters. The summed E-state index contributed by atoms with van der Waals surface area (Å²) in [5, 5.41) is 8.66. The van der Waals surface area contributed by atoms with Gasteiger partial charge in [-0.1, -0.05) is 48.5 Å². The van der Waals surface area contributed by atoms with E-state index in [1.54, 1.807) is 0 Å². The summed E-state index contributed by atoms with van der Waals surface area (Å²) in [6.45, 7) is 0. The van der Waals surface area contributed by atoms with Gasteiger partial charge in [-0.3, -0.25) is 4.79 Å². The van der Waals surface area contributed by atoms with Gasteiger partial charge in [-0.25, -0.2) is 0 Å². The van der Waals surface area contributed by atoms with Gasteiger partial charge in [-0.05, 0) is 12.1 Å². The fraction of sp³-hybridized carbons (Fsp3) is 0. The van der Waals surface area contributed by atoms with Gasteiger partial charge in [0, 0.05) is 5.56 Å². The highest BCUT2D eigenvalue weighted by atomic mass is 16.1. The Morgan fingerprint density at radius 2 is 1.52 bits per heavy atom. The van der Waals surface area contributed by atoms with Crippen LogP contribution in [0, 0.1) is 0 Å². The van der Waals surface area contributed by atoms with Crippen molar-refractivity contribution in [2.45, 2.75) is 0 Å². The molecule has 7 nitrogen and oxygen atoms in total. The monoisotopic (exact) mass is 306 g/mol. The van der Waals surface area contributed by atoms with Crippen LogP contribution in [0.1, 0.15) is 10.5 Å². The summed E-state index contributed by atoms with van der Waals surface area (Å²) in [7, 11) is 0. The van der Waals surface area contributed by atoms with Crippen LogP contribution in [-0.4, -0.2) is 26.9 Å². The molecular formula is C16H14N6O. The molecule has 0 aliphatic carbocycles. The van der Waals surface area contributed by atoms with E-state index < -0.39 is 5.91 Å². The molecule has 0 atom stereocenters. The Morgan fingerprint density at radius 1 is 0.913 bits per heavy atom. The molecule has 1 aromatic heterocycles. The van der Waals surface area contributed by atoms with Gasteiger partial charge in [0.1, 0.15) is 5.69 Å². The molecule has 3 aromatic rings. The van der Waals surface area contributed by atoms with Crippen molar-refractivity contribution < 1.29 is 4.79 Å². The van der Waals surface area contributed by atoms with Crippen molar-refractivity contribution in [3.05, 3.63) is 66.4 Å². The lowest BCUT2D eigenvalue weighted by atomic mass is 10.1. The molecule has 7 heteroatoms. The van der Waals surface area contributed by atoms with Crippen LogP contribution < -0.4 is 11.5 Å². The quantitative estimate of drug-likeness (QED) is 0.560. The Kier molecular flexibility index (Phi) is 3.84. The maximum absolute atomic E-state index is 12.2. The van der Waals surface area contributed by atoms with E-state index in [9.17, 15) is 4.79 Å². The fourth-order valence-electron chi connectivity index (χ4n) is 2.09. The molecule has 2 aromatic carbocycles. The Hall–Kier alpha value is -3.48. The molecular weight excluding hydrogens is 292 g/mol. The third kappa shape index (κ3) is 3.08. The van der Waals surface area contributed by atoms with Gasteiger partial charge < -0.3 is 11.5 Å². The van der Waals surface area contributed by atoms with Crippen molar-refractivity contribution in [2.75, 3.05) is 0 Å². The molecule has 114 valence electrons. The normalized spacial score (nSPS) is 10.3. The third-order valence-electron chi connectivity index (χ3n) is 3.08. The summed E-state index contributed by atoms with van der Waals surface area (Å²) in [6.07, 6.45) is 0. The van der Waals surface area contributed by atoms with E-state index in [1.165, 1.54) is 4.80 Å². The molecule has 4 N–H and O–H groups in total. The lowest BCUT2D eigenvalue weighted by Crippen LogP contribution is -2.24. The van der Waals surface area contributed by atoms with Gasteiger partial charge in [0.05, 0.1) is 5.69 Å². The number of nitrogens with two attached hydrogens (primary N) is 2. The highest BCUT2D eigenvalue weighted by Crippen LogP contribution is 2.22. The van der Waals surface area contributed by atoms with Gasteiger partial charge in [0.2, 0.25) is 0 Å².